The summed E-state index contributed by atoms with van der Waals surface area (Å²) in [6, 6.07) is 1.99. The Hall–Kier alpha value is -1.69. The van der Waals surface area contributed by atoms with Gasteiger partial charge in [-0.15, -0.1) is 10.2 Å². The van der Waals surface area contributed by atoms with Crippen LogP contribution in [0.1, 0.15) is 69.6 Å². The number of piperidine rings is 1. The van der Waals surface area contributed by atoms with Gasteiger partial charge in [-0.3, -0.25) is 4.79 Å². The first-order valence-electron chi connectivity index (χ1n) is 9.93. The molecule has 1 saturated carbocycles. The van der Waals surface area contributed by atoms with Crippen LogP contribution >= 0.6 is 11.3 Å². The molecule has 1 aliphatic heterocycles. The van der Waals surface area contributed by atoms with Gasteiger partial charge in [0.2, 0.25) is 17.7 Å². The van der Waals surface area contributed by atoms with Gasteiger partial charge in [0.15, 0.2) is 0 Å². The predicted octanol–water partition coefficient (Wildman–Crippen LogP) is 4.86. The lowest BCUT2D eigenvalue weighted by molar-refractivity contribution is -0.132. The van der Waals surface area contributed by atoms with Gasteiger partial charge in [0.05, 0.1) is 5.92 Å². The van der Waals surface area contributed by atoms with Crippen molar-refractivity contribution in [3.63, 3.8) is 0 Å². The molecule has 2 fully saturated rings. The maximum atomic E-state index is 12.7. The molecule has 0 radical (unpaired) electrons. The number of thiophene rings is 1. The number of hydrogen-bond acceptors (Lipinski definition) is 5. The second-order valence-electron chi connectivity index (χ2n) is 7.68. The molecule has 5 nitrogen and oxygen atoms in total. The number of nitrogens with zero attached hydrogens (tertiary/aromatic N) is 3. The number of aromatic nitrogens is 2. The predicted molar refractivity (Wildman–Crippen MR) is 102 cm³/mol. The fraction of sp³-hybridized carbons (Fsp3) is 0.650. The molecule has 2 aliphatic rings. The number of rotatable bonds is 5. The van der Waals surface area contributed by atoms with Gasteiger partial charge in [-0.05, 0) is 36.6 Å². The largest absolute Gasteiger partial charge is 0.420 e. The third-order valence-corrected chi connectivity index (χ3v) is 6.51. The first-order valence-corrected chi connectivity index (χ1v) is 10.9. The Balaban J connectivity index is 1.32. The van der Waals surface area contributed by atoms with E-state index in [1.54, 1.807) is 11.3 Å². The van der Waals surface area contributed by atoms with E-state index < -0.39 is 0 Å². The minimum absolute atomic E-state index is 0.169. The summed E-state index contributed by atoms with van der Waals surface area (Å²) in [5.74, 6) is 2.50. The number of likely N-dealkylation sites (tertiary alicyclic amines) is 1. The van der Waals surface area contributed by atoms with Gasteiger partial charge < -0.3 is 9.32 Å². The molecule has 26 heavy (non-hydrogen) atoms. The minimum atomic E-state index is 0.169. The summed E-state index contributed by atoms with van der Waals surface area (Å²) in [5, 5.41) is 12.5. The highest BCUT2D eigenvalue weighted by atomic mass is 32.1. The molecule has 1 amide bonds. The van der Waals surface area contributed by atoms with Crippen LogP contribution in [0, 0.1) is 5.92 Å². The van der Waals surface area contributed by atoms with Gasteiger partial charge in [0.1, 0.15) is 0 Å². The molecule has 2 aromatic heterocycles. The minimum Gasteiger partial charge on any atom is -0.420 e. The van der Waals surface area contributed by atoms with E-state index in [-0.39, 0.29) is 5.92 Å². The zero-order valence-corrected chi connectivity index (χ0v) is 16.0. The van der Waals surface area contributed by atoms with Crippen LogP contribution in [0.2, 0.25) is 0 Å². The summed E-state index contributed by atoms with van der Waals surface area (Å²) in [4.78, 5) is 14.7. The fourth-order valence-corrected chi connectivity index (χ4v) is 4.90. The first-order chi connectivity index (χ1) is 12.8. The number of hydrogen-bond donors (Lipinski definition) is 0. The highest BCUT2D eigenvalue weighted by Crippen LogP contribution is 2.31. The molecule has 0 N–H and O–H groups in total. The summed E-state index contributed by atoms with van der Waals surface area (Å²) in [5.41, 5.74) is 0.977. The Morgan fingerprint density at radius 3 is 2.88 bits per heavy atom. The van der Waals surface area contributed by atoms with Gasteiger partial charge in [0.25, 0.3) is 0 Å². The quantitative estimate of drug-likeness (QED) is 0.750. The lowest BCUT2D eigenvalue weighted by Gasteiger charge is -2.31. The van der Waals surface area contributed by atoms with Crippen LogP contribution in [0.25, 0.3) is 11.5 Å². The van der Waals surface area contributed by atoms with E-state index >= 15 is 0 Å². The average Bonchev–Trinajstić information content (AvgIpc) is 3.38. The van der Waals surface area contributed by atoms with E-state index in [2.05, 4.69) is 10.2 Å². The molecule has 1 aliphatic carbocycles. The summed E-state index contributed by atoms with van der Waals surface area (Å²) < 4.78 is 5.90. The molecular weight excluding hydrogens is 346 g/mol. The normalized spacial score (nSPS) is 21.8. The number of carbonyl (C=O) groups excluding carboxylic acids is 1. The van der Waals surface area contributed by atoms with Crippen LogP contribution in [-0.4, -0.2) is 34.1 Å². The van der Waals surface area contributed by atoms with E-state index in [0.29, 0.717) is 24.1 Å². The number of amides is 1. The van der Waals surface area contributed by atoms with E-state index in [4.69, 9.17) is 4.42 Å². The molecule has 1 atom stereocenters. The Morgan fingerprint density at radius 2 is 2.08 bits per heavy atom. The highest BCUT2D eigenvalue weighted by molar-refractivity contribution is 7.08. The van der Waals surface area contributed by atoms with Gasteiger partial charge in [-0.1, -0.05) is 32.1 Å². The van der Waals surface area contributed by atoms with Crippen molar-refractivity contribution in [3.05, 3.63) is 22.7 Å². The second-order valence-corrected chi connectivity index (χ2v) is 8.46. The molecular formula is C20H27N3O2S. The van der Waals surface area contributed by atoms with Crippen molar-refractivity contribution in [1.29, 1.82) is 0 Å². The Morgan fingerprint density at radius 1 is 1.19 bits per heavy atom. The summed E-state index contributed by atoms with van der Waals surface area (Å²) in [6.45, 7) is 1.58. The van der Waals surface area contributed by atoms with Gasteiger partial charge in [-0.25, -0.2) is 0 Å². The molecule has 1 saturated heterocycles. The third kappa shape index (κ3) is 4.17. The Bertz CT molecular complexity index is 706. The molecule has 0 spiro atoms. The Labute approximate surface area is 158 Å². The third-order valence-electron chi connectivity index (χ3n) is 5.82. The zero-order valence-electron chi connectivity index (χ0n) is 15.2. The van der Waals surface area contributed by atoms with Crippen LogP contribution < -0.4 is 0 Å². The molecule has 1 unspecified atom stereocenters. The molecule has 140 valence electrons. The molecule has 3 heterocycles. The molecule has 6 heteroatoms. The van der Waals surface area contributed by atoms with Crippen LogP contribution in [0.4, 0.5) is 0 Å². The SMILES string of the molecule is O=C(CCC1CCCCC1)N1CCCC(c2nnc(-c3ccsc3)o2)C1. The smallest absolute Gasteiger partial charge is 0.248 e. The van der Waals surface area contributed by atoms with E-state index in [1.807, 2.05) is 21.7 Å². The fourth-order valence-electron chi connectivity index (χ4n) is 4.27. The summed E-state index contributed by atoms with van der Waals surface area (Å²) >= 11 is 1.62. The van der Waals surface area contributed by atoms with E-state index in [0.717, 1.165) is 43.8 Å². The molecule has 2 aromatic rings. The van der Waals surface area contributed by atoms with Crippen molar-refractivity contribution >= 4 is 17.2 Å². The van der Waals surface area contributed by atoms with Crippen LogP contribution in [-0.2, 0) is 4.79 Å². The summed E-state index contributed by atoms with van der Waals surface area (Å²) in [6.07, 6.45) is 10.4. The van der Waals surface area contributed by atoms with Crippen molar-refractivity contribution in [2.24, 2.45) is 5.92 Å². The molecule has 4 rings (SSSR count). The van der Waals surface area contributed by atoms with Gasteiger partial charge in [-0.2, -0.15) is 11.3 Å². The topological polar surface area (TPSA) is 59.2 Å². The van der Waals surface area contributed by atoms with Crippen molar-refractivity contribution in [2.45, 2.75) is 63.7 Å². The zero-order chi connectivity index (χ0) is 17.8. The number of carbonyl (C=O) groups is 1. The maximum Gasteiger partial charge on any atom is 0.248 e. The first kappa shape index (κ1) is 17.7. The summed E-state index contributed by atoms with van der Waals surface area (Å²) in [7, 11) is 0. The Kier molecular flexibility index (Phi) is 5.68. The van der Waals surface area contributed by atoms with Crippen molar-refractivity contribution in [3.8, 4) is 11.5 Å². The van der Waals surface area contributed by atoms with Crippen LogP contribution in [0.3, 0.4) is 0 Å². The van der Waals surface area contributed by atoms with Crippen molar-refractivity contribution in [2.75, 3.05) is 13.1 Å². The lowest BCUT2D eigenvalue weighted by atomic mass is 9.86. The maximum absolute atomic E-state index is 12.7. The standard InChI is InChI=1S/C20H27N3O2S/c24-18(9-8-15-5-2-1-3-6-15)23-11-4-7-16(13-23)19-21-22-20(25-19)17-10-12-26-14-17/h10,12,14-16H,1-9,11,13H2. The van der Waals surface area contributed by atoms with Gasteiger partial charge in [0, 0.05) is 30.5 Å². The highest BCUT2D eigenvalue weighted by Gasteiger charge is 2.29. The van der Waals surface area contributed by atoms with E-state index in [1.165, 1.54) is 32.1 Å². The van der Waals surface area contributed by atoms with Crippen molar-refractivity contribution in [1.82, 2.24) is 15.1 Å². The van der Waals surface area contributed by atoms with Crippen LogP contribution in [0.15, 0.2) is 21.2 Å². The monoisotopic (exact) mass is 373 g/mol. The van der Waals surface area contributed by atoms with Crippen molar-refractivity contribution < 1.29 is 9.21 Å². The van der Waals surface area contributed by atoms with Gasteiger partial charge >= 0.3 is 0 Å². The molecule has 0 bridgehead atoms. The molecule has 0 aromatic carbocycles. The van der Waals surface area contributed by atoms with E-state index in [9.17, 15) is 4.79 Å². The average molecular weight is 374 g/mol. The lowest BCUT2D eigenvalue weighted by Crippen LogP contribution is -2.39. The second kappa shape index (κ2) is 8.33. The van der Waals surface area contributed by atoms with Crippen LogP contribution in [0.5, 0.6) is 0 Å².